The van der Waals surface area contributed by atoms with Crippen molar-refractivity contribution in [1.29, 1.82) is 0 Å². The van der Waals surface area contributed by atoms with Crippen LogP contribution in [-0.2, 0) is 7.05 Å². The summed E-state index contributed by atoms with van der Waals surface area (Å²) < 4.78 is 1.32. The molecule has 0 saturated heterocycles. The Morgan fingerprint density at radius 3 is 2.60 bits per heavy atom. The van der Waals surface area contributed by atoms with Crippen LogP contribution in [0.2, 0.25) is 0 Å². The maximum atomic E-state index is 12.4. The summed E-state index contributed by atoms with van der Waals surface area (Å²) in [6, 6.07) is 2.86. The Hall–Kier alpha value is -1.37. The van der Waals surface area contributed by atoms with Crippen LogP contribution in [0.5, 0.6) is 0 Å². The van der Waals surface area contributed by atoms with Gasteiger partial charge in [-0.25, -0.2) is 4.57 Å². The Kier molecular flexibility index (Phi) is 4.47. The van der Waals surface area contributed by atoms with Crippen molar-refractivity contribution in [2.45, 2.75) is 37.6 Å². The number of amides is 1. The number of hydrogen-bond donors (Lipinski definition) is 1. The second kappa shape index (κ2) is 5.95. The molecule has 7 heteroatoms. The molecule has 0 radical (unpaired) electrons. The topological polar surface area (TPSA) is 77.2 Å². The molecule has 1 aliphatic carbocycles. The summed E-state index contributed by atoms with van der Waals surface area (Å²) in [5.41, 5.74) is 0.0941. The van der Waals surface area contributed by atoms with Crippen LogP contribution in [0, 0.1) is 10.1 Å². The SMILES string of the molecule is Cn1c(C(=O)NC2(CBr)CCCCC2)ccc1[N+](=O)[O-]. The molecule has 1 heterocycles. The number of halogens is 1. The van der Waals surface area contributed by atoms with Gasteiger partial charge in [0.1, 0.15) is 0 Å². The highest BCUT2D eigenvalue weighted by Crippen LogP contribution is 2.30. The molecule has 1 N–H and O–H groups in total. The van der Waals surface area contributed by atoms with Gasteiger partial charge in [-0.3, -0.25) is 4.79 Å². The van der Waals surface area contributed by atoms with Gasteiger partial charge >= 0.3 is 5.82 Å². The lowest BCUT2D eigenvalue weighted by molar-refractivity contribution is -0.391. The van der Waals surface area contributed by atoms with Gasteiger partial charge in [0.25, 0.3) is 5.91 Å². The Labute approximate surface area is 125 Å². The molecule has 1 fully saturated rings. The standard InChI is InChI=1S/C13H18BrN3O3/c1-16-10(5-6-11(16)17(19)20)12(18)15-13(9-14)7-3-2-4-8-13/h5-6H,2-4,7-9H2,1H3,(H,15,18). The van der Waals surface area contributed by atoms with E-state index in [0.717, 1.165) is 25.7 Å². The molecular formula is C13H18BrN3O3. The van der Waals surface area contributed by atoms with E-state index in [0.29, 0.717) is 11.0 Å². The third kappa shape index (κ3) is 2.87. The first-order chi connectivity index (χ1) is 9.49. The van der Waals surface area contributed by atoms with E-state index < -0.39 is 4.92 Å². The van der Waals surface area contributed by atoms with Crippen LogP contribution in [0.15, 0.2) is 12.1 Å². The average Bonchev–Trinajstić information content (AvgIpc) is 2.82. The molecule has 1 aromatic heterocycles. The predicted molar refractivity (Wildman–Crippen MR) is 79.1 cm³/mol. The molecule has 1 aromatic rings. The summed E-state index contributed by atoms with van der Waals surface area (Å²) >= 11 is 3.49. The monoisotopic (exact) mass is 343 g/mol. The molecule has 6 nitrogen and oxygen atoms in total. The zero-order valence-electron chi connectivity index (χ0n) is 11.4. The van der Waals surface area contributed by atoms with Gasteiger partial charge in [-0.1, -0.05) is 35.2 Å². The van der Waals surface area contributed by atoms with Crippen LogP contribution in [0.4, 0.5) is 5.82 Å². The van der Waals surface area contributed by atoms with Crippen molar-refractivity contribution in [3.05, 3.63) is 27.9 Å². The van der Waals surface area contributed by atoms with Crippen molar-refractivity contribution >= 4 is 27.7 Å². The van der Waals surface area contributed by atoms with E-state index >= 15 is 0 Å². The van der Waals surface area contributed by atoms with Gasteiger partial charge in [0.2, 0.25) is 0 Å². The minimum Gasteiger partial charge on any atom is -0.358 e. The van der Waals surface area contributed by atoms with Gasteiger partial charge in [0.05, 0.1) is 12.6 Å². The molecule has 110 valence electrons. The molecule has 1 saturated carbocycles. The van der Waals surface area contributed by atoms with E-state index in [1.54, 1.807) is 0 Å². The summed E-state index contributed by atoms with van der Waals surface area (Å²) in [4.78, 5) is 22.7. The fraction of sp³-hybridized carbons (Fsp3) is 0.615. The summed E-state index contributed by atoms with van der Waals surface area (Å²) in [5, 5.41) is 14.6. The van der Waals surface area contributed by atoms with E-state index in [1.165, 1.54) is 30.2 Å². The number of aromatic nitrogens is 1. The number of alkyl halides is 1. The molecule has 0 bridgehead atoms. The van der Waals surface area contributed by atoms with Crippen LogP contribution in [0.3, 0.4) is 0 Å². The molecule has 1 amide bonds. The number of rotatable bonds is 4. The maximum absolute atomic E-state index is 12.4. The summed E-state index contributed by atoms with van der Waals surface area (Å²) in [5.74, 6) is -0.325. The highest BCUT2D eigenvalue weighted by atomic mass is 79.9. The number of nitrogens with zero attached hydrogens (tertiary/aromatic N) is 2. The van der Waals surface area contributed by atoms with Gasteiger partial charge in [-0.05, 0) is 23.8 Å². The second-order valence-electron chi connectivity index (χ2n) is 5.32. The molecule has 0 aliphatic heterocycles. The average molecular weight is 344 g/mol. The second-order valence-corrected chi connectivity index (χ2v) is 5.88. The Morgan fingerprint density at radius 2 is 2.10 bits per heavy atom. The third-order valence-electron chi connectivity index (χ3n) is 3.96. The molecule has 1 aliphatic rings. The molecular weight excluding hydrogens is 326 g/mol. The molecule has 2 rings (SSSR count). The zero-order chi connectivity index (χ0) is 14.8. The lowest BCUT2D eigenvalue weighted by Gasteiger charge is -2.36. The Bertz CT molecular complexity index is 521. The van der Waals surface area contributed by atoms with E-state index in [1.807, 2.05) is 0 Å². The number of carbonyl (C=O) groups excluding carboxylic acids is 1. The van der Waals surface area contributed by atoms with Crippen molar-refractivity contribution in [3.8, 4) is 0 Å². The largest absolute Gasteiger partial charge is 0.358 e. The highest BCUT2D eigenvalue weighted by Gasteiger charge is 2.34. The van der Waals surface area contributed by atoms with Crippen LogP contribution in [-0.4, -0.2) is 26.3 Å². The van der Waals surface area contributed by atoms with Crippen LogP contribution in [0.25, 0.3) is 0 Å². The van der Waals surface area contributed by atoms with Gasteiger partial charge in [-0.2, -0.15) is 0 Å². The summed E-state index contributed by atoms with van der Waals surface area (Å²) in [6.45, 7) is 0. The van der Waals surface area contributed by atoms with Crippen LogP contribution < -0.4 is 5.32 Å². The van der Waals surface area contributed by atoms with E-state index in [2.05, 4.69) is 21.2 Å². The van der Waals surface area contributed by atoms with Gasteiger partial charge in [0, 0.05) is 11.4 Å². The number of carbonyl (C=O) groups is 1. The van der Waals surface area contributed by atoms with Gasteiger partial charge in [0.15, 0.2) is 5.69 Å². The van der Waals surface area contributed by atoms with Crippen molar-refractivity contribution < 1.29 is 9.72 Å². The minimum absolute atomic E-state index is 0.0771. The fourth-order valence-corrected chi connectivity index (χ4v) is 3.44. The van der Waals surface area contributed by atoms with Crippen LogP contribution in [0.1, 0.15) is 42.6 Å². The normalized spacial score (nSPS) is 17.7. The molecule has 20 heavy (non-hydrogen) atoms. The maximum Gasteiger partial charge on any atom is 0.323 e. The highest BCUT2D eigenvalue weighted by molar-refractivity contribution is 9.09. The van der Waals surface area contributed by atoms with E-state index in [4.69, 9.17) is 0 Å². The summed E-state index contributed by atoms with van der Waals surface area (Å²) in [6.07, 6.45) is 5.27. The van der Waals surface area contributed by atoms with Crippen molar-refractivity contribution in [2.75, 3.05) is 5.33 Å². The van der Waals surface area contributed by atoms with Gasteiger partial charge < -0.3 is 15.4 Å². The van der Waals surface area contributed by atoms with Gasteiger partial charge in [-0.15, -0.1) is 0 Å². The lowest BCUT2D eigenvalue weighted by Crippen LogP contribution is -2.51. The van der Waals surface area contributed by atoms with Crippen molar-refractivity contribution in [1.82, 2.24) is 9.88 Å². The first kappa shape index (κ1) is 15.0. The number of nitro groups is 1. The van der Waals surface area contributed by atoms with Crippen LogP contribution >= 0.6 is 15.9 Å². The van der Waals surface area contributed by atoms with Crippen molar-refractivity contribution in [3.63, 3.8) is 0 Å². The van der Waals surface area contributed by atoms with E-state index in [-0.39, 0.29) is 17.3 Å². The first-order valence-electron chi connectivity index (χ1n) is 6.68. The number of nitrogens with one attached hydrogen (secondary N) is 1. The molecule has 0 unspecified atom stereocenters. The fourth-order valence-electron chi connectivity index (χ4n) is 2.74. The quantitative estimate of drug-likeness (QED) is 0.518. The smallest absolute Gasteiger partial charge is 0.323 e. The lowest BCUT2D eigenvalue weighted by atomic mass is 9.83. The predicted octanol–water partition coefficient (Wildman–Crippen LogP) is 2.76. The zero-order valence-corrected chi connectivity index (χ0v) is 13.0. The molecule has 0 spiro atoms. The van der Waals surface area contributed by atoms with Crippen molar-refractivity contribution in [2.24, 2.45) is 7.05 Å². The molecule has 0 aromatic carbocycles. The summed E-state index contributed by atoms with van der Waals surface area (Å²) in [7, 11) is 1.54. The molecule has 0 atom stereocenters. The Balaban J connectivity index is 2.17. The first-order valence-corrected chi connectivity index (χ1v) is 7.80. The Morgan fingerprint density at radius 1 is 1.45 bits per heavy atom. The van der Waals surface area contributed by atoms with E-state index in [9.17, 15) is 14.9 Å². The third-order valence-corrected chi connectivity index (χ3v) is 5.03. The number of hydrogen-bond acceptors (Lipinski definition) is 3. The minimum atomic E-state index is -0.488.